The largest absolute Gasteiger partial charge is 0.378 e. The highest BCUT2D eigenvalue weighted by atomic mass is 32.2. The van der Waals surface area contributed by atoms with Gasteiger partial charge in [-0.15, -0.1) is 5.10 Å². The lowest BCUT2D eigenvalue weighted by Gasteiger charge is -2.41. The van der Waals surface area contributed by atoms with Gasteiger partial charge in [-0.05, 0) is 74.3 Å². The molecule has 3 aliphatic rings. The van der Waals surface area contributed by atoms with E-state index in [2.05, 4.69) is 19.8 Å². The standard InChI is InChI=1S/C25H34FN5O3S/c26-22-5-1-4-20(16-22)19-7-9-23(10-8-19)34-18-21-17-30(25-6-2-12-27-28-25)15-11-24(21)29-35(32,33)31-13-3-14-31/h1-2,4-6,12,16,19,21,23-24,29H,3,7-11,13-15,17-18H2/t19?,21-,23?,24-/m0/s1. The molecule has 190 valence electrons. The Labute approximate surface area is 207 Å². The minimum absolute atomic E-state index is 0.00255. The van der Waals surface area contributed by atoms with Crippen molar-refractivity contribution < 1.29 is 17.5 Å². The molecule has 1 aliphatic carbocycles. The predicted octanol–water partition coefficient (Wildman–Crippen LogP) is 3.09. The van der Waals surface area contributed by atoms with E-state index in [1.807, 2.05) is 18.2 Å². The molecule has 2 atom stereocenters. The third kappa shape index (κ3) is 5.99. The molecule has 0 radical (unpaired) electrons. The quantitative estimate of drug-likeness (QED) is 0.596. The van der Waals surface area contributed by atoms with Crippen LogP contribution in [0.25, 0.3) is 0 Å². The zero-order valence-corrected chi connectivity index (χ0v) is 20.7. The van der Waals surface area contributed by atoms with Crippen molar-refractivity contribution >= 4 is 16.0 Å². The van der Waals surface area contributed by atoms with Crippen molar-refractivity contribution in [2.75, 3.05) is 37.7 Å². The number of aromatic nitrogens is 2. The Morgan fingerprint density at radius 2 is 1.89 bits per heavy atom. The van der Waals surface area contributed by atoms with Gasteiger partial charge in [0.05, 0.1) is 12.7 Å². The molecule has 0 bridgehead atoms. The van der Waals surface area contributed by atoms with Crippen molar-refractivity contribution in [3.05, 3.63) is 54.0 Å². The number of ether oxygens (including phenoxy) is 1. The van der Waals surface area contributed by atoms with Crippen LogP contribution in [0.4, 0.5) is 10.2 Å². The second-order valence-corrected chi connectivity index (χ2v) is 11.6. The summed E-state index contributed by atoms with van der Waals surface area (Å²) in [4.78, 5) is 2.16. The van der Waals surface area contributed by atoms with Crippen LogP contribution in [0.1, 0.15) is 50.0 Å². The first kappa shape index (κ1) is 24.5. The number of rotatable bonds is 8. The highest BCUT2D eigenvalue weighted by Crippen LogP contribution is 2.35. The molecular weight excluding hydrogens is 469 g/mol. The molecule has 35 heavy (non-hydrogen) atoms. The first-order chi connectivity index (χ1) is 17.0. The van der Waals surface area contributed by atoms with Gasteiger partial charge in [0.2, 0.25) is 0 Å². The summed E-state index contributed by atoms with van der Waals surface area (Å²) in [5.74, 6) is 0.987. The zero-order chi connectivity index (χ0) is 24.3. The van der Waals surface area contributed by atoms with Crippen molar-refractivity contribution in [1.29, 1.82) is 0 Å². The molecule has 1 aromatic heterocycles. The SMILES string of the molecule is O=S(=O)(N[C@H]1CCN(c2cccnn2)C[C@H]1COC1CCC(c2cccc(F)c2)CC1)N1CCC1. The van der Waals surface area contributed by atoms with Crippen molar-refractivity contribution in [1.82, 2.24) is 19.2 Å². The summed E-state index contributed by atoms with van der Waals surface area (Å²) in [7, 11) is -3.47. The minimum Gasteiger partial charge on any atom is -0.378 e. The Kier molecular flexibility index (Phi) is 7.62. The topological polar surface area (TPSA) is 87.7 Å². The van der Waals surface area contributed by atoms with Crippen LogP contribution in [-0.2, 0) is 14.9 Å². The van der Waals surface area contributed by atoms with E-state index in [-0.39, 0.29) is 23.9 Å². The van der Waals surface area contributed by atoms with Gasteiger partial charge in [-0.1, -0.05) is 12.1 Å². The Bertz CT molecular complexity index is 1080. The first-order valence-electron chi connectivity index (χ1n) is 12.6. The second-order valence-electron chi connectivity index (χ2n) is 9.92. The van der Waals surface area contributed by atoms with Gasteiger partial charge < -0.3 is 9.64 Å². The molecule has 2 aromatic rings. The number of anilines is 1. The van der Waals surface area contributed by atoms with Gasteiger partial charge in [0.15, 0.2) is 5.82 Å². The fraction of sp³-hybridized carbons (Fsp3) is 0.600. The number of nitrogens with zero attached hydrogens (tertiary/aromatic N) is 4. The third-order valence-electron chi connectivity index (χ3n) is 7.61. The van der Waals surface area contributed by atoms with Gasteiger partial charge in [-0.2, -0.15) is 22.5 Å². The Morgan fingerprint density at radius 3 is 2.57 bits per heavy atom. The fourth-order valence-corrected chi connectivity index (χ4v) is 6.98. The average molecular weight is 504 g/mol. The maximum absolute atomic E-state index is 13.6. The van der Waals surface area contributed by atoms with Gasteiger partial charge in [0.25, 0.3) is 10.2 Å². The molecule has 0 amide bonds. The number of benzene rings is 1. The Morgan fingerprint density at radius 1 is 1.06 bits per heavy atom. The second kappa shape index (κ2) is 10.9. The molecule has 10 heteroatoms. The first-order valence-corrected chi connectivity index (χ1v) is 14.1. The lowest BCUT2D eigenvalue weighted by Crippen LogP contribution is -2.57. The monoisotopic (exact) mass is 503 g/mol. The highest BCUT2D eigenvalue weighted by molar-refractivity contribution is 7.87. The number of hydrogen-bond donors (Lipinski definition) is 1. The van der Waals surface area contributed by atoms with Crippen molar-refractivity contribution in [2.45, 2.75) is 56.6 Å². The normalized spacial score (nSPS) is 28.0. The zero-order valence-electron chi connectivity index (χ0n) is 19.9. The van der Waals surface area contributed by atoms with Crippen LogP contribution < -0.4 is 9.62 Å². The minimum atomic E-state index is -3.47. The van der Waals surface area contributed by atoms with E-state index >= 15 is 0 Å². The Hall–Kier alpha value is -2.14. The highest BCUT2D eigenvalue weighted by Gasteiger charge is 2.37. The summed E-state index contributed by atoms with van der Waals surface area (Å²) in [6, 6.07) is 10.5. The lowest BCUT2D eigenvalue weighted by atomic mass is 9.82. The average Bonchev–Trinajstić information content (AvgIpc) is 2.83. The molecule has 1 aromatic carbocycles. The van der Waals surface area contributed by atoms with Crippen LogP contribution in [0.15, 0.2) is 42.6 Å². The van der Waals surface area contributed by atoms with Gasteiger partial charge in [-0.25, -0.2) is 4.39 Å². The predicted molar refractivity (Wildman–Crippen MR) is 132 cm³/mol. The fourth-order valence-electron chi connectivity index (χ4n) is 5.40. The van der Waals surface area contributed by atoms with Crippen LogP contribution in [0, 0.1) is 11.7 Å². The maximum atomic E-state index is 13.6. The van der Waals surface area contributed by atoms with Gasteiger partial charge in [0.1, 0.15) is 5.82 Å². The molecular formula is C25H34FN5O3S. The summed E-state index contributed by atoms with van der Waals surface area (Å²) < 4.78 is 50.0. The molecule has 3 heterocycles. The molecule has 5 rings (SSSR count). The van der Waals surface area contributed by atoms with Crippen molar-refractivity contribution in [3.63, 3.8) is 0 Å². The number of halogens is 1. The van der Waals surface area contributed by atoms with E-state index in [9.17, 15) is 12.8 Å². The van der Waals surface area contributed by atoms with E-state index in [4.69, 9.17) is 4.74 Å². The van der Waals surface area contributed by atoms with Gasteiger partial charge in [0, 0.05) is 44.3 Å². The molecule has 1 N–H and O–H groups in total. The van der Waals surface area contributed by atoms with Crippen LogP contribution in [-0.4, -0.2) is 67.9 Å². The van der Waals surface area contributed by atoms with E-state index < -0.39 is 10.2 Å². The summed E-state index contributed by atoms with van der Waals surface area (Å²) in [6.07, 6.45) is 7.17. The molecule has 1 saturated carbocycles. The van der Waals surface area contributed by atoms with Gasteiger partial charge >= 0.3 is 0 Å². The summed E-state index contributed by atoms with van der Waals surface area (Å²) in [5, 5.41) is 8.24. The van der Waals surface area contributed by atoms with Crippen LogP contribution >= 0.6 is 0 Å². The molecule has 2 aliphatic heterocycles. The van der Waals surface area contributed by atoms with E-state index in [1.165, 1.54) is 10.4 Å². The number of piperidine rings is 1. The summed E-state index contributed by atoms with van der Waals surface area (Å²) in [6.45, 7) is 3.03. The van der Waals surface area contributed by atoms with Crippen LogP contribution in [0.3, 0.4) is 0 Å². The van der Waals surface area contributed by atoms with Crippen LogP contribution in [0.5, 0.6) is 0 Å². The third-order valence-corrected chi connectivity index (χ3v) is 9.26. The molecule has 0 spiro atoms. The summed E-state index contributed by atoms with van der Waals surface area (Å²) in [5.41, 5.74) is 1.07. The maximum Gasteiger partial charge on any atom is 0.279 e. The lowest BCUT2D eigenvalue weighted by molar-refractivity contribution is -0.00230. The summed E-state index contributed by atoms with van der Waals surface area (Å²) >= 11 is 0. The number of nitrogens with one attached hydrogen (secondary N) is 1. The molecule has 2 saturated heterocycles. The van der Waals surface area contributed by atoms with Crippen LogP contribution in [0.2, 0.25) is 0 Å². The van der Waals surface area contributed by atoms with E-state index in [1.54, 1.807) is 18.3 Å². The smallest absolute Gasteiger partial charge is 0.279 e. The molecule has 8 nitrogen and oxygen atoms in total. The molecule has 3 fully saturated rings. The van der Waals surface area contributed by atoms with Gasteiger partial charge in [-0.3, -0.25) is 0 Å². The number of hydrogen-bond acceptors (Lipinski definition) is 6. The van der Waals surface area contributed by atoms with Crippen molar-refractivity contribution in [3.8, 4) is 0 Å². The van der Waals surface area contributed by atoms with E-state index in [0.29, 0.717) is 45.1 Å². The van der Waals surface area contributed by atoms with E-state index in [0.717, 1.165) is 43.5 Å². The molecule has 0 unspecified atom stereocenters. The Balaban J connectivity index is 1.20. The van der Waals surface area contributed by atoms with Crippen molar-refractivity contribution in [2.24, 2.45) is 5.92 Å².